The zero-order chi connectivity index (χ0) is 13.6. The number of nitrogens with one attached hydrogen (secondary N) is 1. The molecule has 0 radical (unpaired) electrons. The summed E-state index contributed by atoms with van der Waals surface area (Å²) in [5.41, 5.74) is 3.94. The Labute approximate surface area is 112 Å². The number of anilines is 1. The summed E-state index contributed by atoms with van der Waals surface area (Å²) in [6.07, 6.45) is 9.26. The van der Waals surface area contributed by atoms with Crippen molar-refractivity contribution in [2.24, 2.45) is 0 Å². The first-order chi connectivity index (χ1) is 8.55. The summed E-state index contributed by atoms with van der Waals surface area (Å²) >= 11 is 0. The van der Waals surface area contributed by atoms with Crippen LogP contribution in [0.15, 0.2) is 30.2 Å². The van der Waals surface area contributed by atoms with Crippen molar-refractivity contribution < 1.29 is 0 Å². The molecule has 0 spiro atoms. The van der Waals surface area contributed by atoms with Crippen molar-refractivity contribution in [3.05, 3.63) is 35.8 Å². The fraction of sp³-hybridized carbons (Fsp3) is 0.562. The van der Waals surface area contributed by atoms with Crippen molar-refractivity contribution in [2.75, 3.05) is 5.32 Å². The average Bonchev–Trinajstić information content (AvgIpc) is 2.38. The van der Waals surface area contributed by atoms with E-state index in [9.17, 15) is 0 Å². The molecule has 2 heteroatoms. The van der Waals surface area contributed by atoms with E-state index in [0.29, 0.717) is 0 Å². The van der Waals surface area contributed by atoms with E-state index in [1.165, 1.54) is 11.3 Å². The molecule has 0 unspecified atom stereocenters. The second-order valence-corrected chi connectivity index (χ2v) is 5.27. The van der Waals surface area contributed by atoms with Crippen LogP contribution in [-0.4, -0.2) is 4.98 Å². The van der Waals surface area contributed by atoms with Gasteiger partial charge in [-0.2, -0.15) is 0 Å². The monoisotopic (exact) mass is 246 g/mol. The molecule has 0 aliphatic rings. The highest BCUT2D eigenvalue weighted by atomic mass is 14.9. The van der Waals surface area contributed by atoms with Gasteiger partial charge in [0.05, 0.1) is 11.9 Å². The molecule has 1 heterocycles. The summed E-state index contributed by atoms with van der Waals surface area (Å²) in [7, 11) is 0. The zero-order valence-electron chi connectivity index (χ0n) is 12.4. The average molecular weight is 246 g/mol. The second kappa shape index (κ2) is 6.58. The highest BCUT2D eigenvalue weighted by Gasteiger charge is 2.21. The van der Waals surface area contributed by atoms with E-state index in [2.05, 4.69) is 57.1 Å². The predicted molar refractivity (Wildman–Crippen MR) is 79.8 cm³/mol. The van der Waals surface area contributed by atoms with Crippen LogP contribution >= 0.6 is 0 Å². The predicted octanol–water partition coefficient (Wildman–Crippen LogP) is 4.89. The Bertz CT molecular complexity index is 405. The van der Waals surface area contributed by atoms with Gasteiger partial charge in [-0.15, -0.1) is 0 Å². The molecule has 0 saturated carbocycles. The van der Waals surface area contributed by atoms with Gasteiger partial charge in [-0.05, 0) is 36.3 Å². The van der Waals surface area contributed by atoms with E-state index >= 15 is 0 Å². The number of pyridine rings is 1. The van der Waals surface area contributed by atoms with Gasteiger partial charge in [-0.25, -0.2) is 0 Å². The van der Waals surface area contributed by atoms with Crippen molar-refractivity contribution in [3.8, 4) is 0 Å². The molecule has 0 amide bonds. The minimum Gasteiger partial charge on any atom is -0.358 e. The number of hydrogen-bond acceptors (Lipinski definition) is 2. The van der Waals surface area contributed by atoms with Crippen LogP contribution in [0.5, 0.6) is 0 Å². The van der Waals surface area contributed by atoms with Gasteiger partial charge in [0.25, 0.3) is 0 Å². The van der Waals surface area contributed by atoms with Crippen molar-refractivity contribution >= 4 is 5.69 Å². The Morgan fingerprint density at radius 2 is 2.06 bits per heavy atom. The van der Waals surface area contributed by atoms with Gasteiger partial charge in [0.2, 0.25) is 0 Å². The van der Waals surface area contributed by atoms with E-state index in [0.717, 1.165) is 24.9 Å². The summed E-state index contributed by atoms with van der Waals surface area (Å²) in [5.74, 6) is 0. The van der Waals surface area contributed by atoms with Crippen LogP contribution in [0.2, 0.25) is 0 Å². The fourth-order valence-corrected chi connectivity index (χ4v) is 1.98. The van der Waals surface area contributed by atoms with Gasteiger partial charge in [0.1, 0.15) is 0 Å². The molecule has 1 rings (SSSR count). The maximum Gasteiger partial charge on any atom is 0.0606 e. The van der Waals surface area contributed by atoms with Crippen molar-refractivity contribution in [1.82, 2.24) is 4.98 Å². The molecular weight excluding hydrogens is 220 g/mol. The Kier molecular flexibility index (Phi) is 5.39. The van der Waals surface area contributed by atoms with Gasteiger partial charge >= 0.3 is 0 Å². The zero-order valence-corrected chi connectivity index (χ0v) is 12.4. The quantitative estimate of drug-likeness (QED) is 0.773. The van der Waals surface area contributed by atoms with Crippen LogP contribution < -0.4 is 5.32 Å². The van der Waals surface area contributed by atoms with Gasteiger partial charge in [-0.3, -0.25) is 4.98 Å². The van der Waals surface area contributed by atoms with Gasteiger partial charge in [0.15, 0.2) is 0 Å². The molecule has 0 atom stereocenters. The van der Waals surface area contributed by atoms with Crippen LogP contribution in [0.3, 0.4) is 0 Å². The Morgan fingerprint density at radius 1 is 1.33 bits per heavy atom. The third kappa shape index (κ3) is 3.59. The molecule has 2 nitrogen and oxygen atoms in total. The van der Waals surface area contributed by atoms with Crippen LogP contribution in [0.4, 0.5) is 5.69 Å². The summed E-state index contributed by atoms with van der Waals surface area (Å²) in [4.78, 5) is 4.25. The van der Waals surface area contributed by atoms with E-state index in [4.69, 9.17) is 0 Å². The first kappa shape index (κ1) is 14.7. The van der Waals surface area contributed by atoms with Crippen molar-refractivity contribution in [3.63, 3.8) is 0 Å². The first-order valence-electron chi connectivity index (χ1n) is 6.95. The van der Waals surface area contributed by atoms with E-state index in [-0.39, 0.29) is 5.41 Å². The number of allylic oxidation sites excluding steroid dienone is 2. The highest BCUT2D eigenvalue weighted by molar-refractivity contribution is 5.55. The normalized spacial score (nSPS) is 12.6. The van der Waals surface area contributed by atoms with E-state index in [1.807, 2.05) is 12.4 Å². The van der Waals surface area contributed by atoms with Crippen molar-refractivity contribution in [1.29, 1.82) is 0 Å². The molecular formula is C16H26N2. The smallest absolute Gasteiger partial charge is 0.0606 e. The molecule has 0 fully saturated rings. The Balaban J connectivity index is 3.06. The maximum absolute atomic E-state index is 4.25. The molecule has 0 aliphatic carbocycles. The summed E-state index contributed by atoms with van der Waals surface area (Å²) in [6, 6.07) is 2.13. The second-order valence-electron chi connectivity index (χ2n) is 5.27. The lowest BCUT2D eigenvalue weighted by Gasteiger charge is -2.26. The topological polar surface area (TPSA) is 24.9 Å². The molecule has 0 bridgehead atoms. The standard InChI is InChI=1S/C16H26N2/c1-6-9-13(7-2)18-15-12-17-11-10-14(15)16(4,5)8-3/h9-12,18H,6-8H2,1-5H3/b13-9+. The van der Waals surface area contributed by atoms with Gasteiger partial charge in [-0.1, -0.05) is 40.7 Å². The largest absolute Gasteiger partial charge is 0.358 e. The third-order valence-electron chi connectivity index (χ3n) is 3.56. The van der Waals surface area contributed by atoms with Crippen LogP contribution in [0.1, 0.15) is 59.4 Å². The molecule has 1 N–H and O–H groups in total. The molecule has 0 aliphatic heterocycles. The third-order valence-corrected chi connectivity index (χ3v) is 3.56. The molecule has 1 aromatic rings. The van der Waals surface area contributed by atoms with Crippen LogP contribution in [-0.2, 0) is 5.41 Å². The summed E-state index contributed by atoms with van der Waals surface area (Å²) in [5, 5.41) is 3.54. The molecule has 0 aromatic carbocycles. The Hall–Kier alpha value is -1.31. The SMILES string of the molecule is CC/C=C(\CC)Nc1cnccc1C(C)(C)CC. The van der Waals surface area contributed by atoms with E-state index < -0.39 is 0 Å². The fourth-order valence-electron chi connectivity index (χ4n) is 1.98. The lowest BCUT2D eigenvalue weighted by molar-refractivity contribution is 0.507. The summed E-state index contributed by atoms with van der Waals surface area (Å²) in [6.45, 7) is 11.1. The van der Waals surface area contributed by atoms with Gasteiger partial charge in [0, 0.05) is 11.9 Å². The minimum atomic E-state index is 0.177. The Morgan fingerprint density at radius 3 is 2.61 bits per heavy atom. The molecule has 1 aromatic heterocycles. The van der Waals surface area contributed by atoms with E-state index in [1.54, 1.807) is 0 Å². The molecule has 100 valence electrons. The number of hydrogen-bond donors (Lipinski definition) is 1. The maximum atomic E-state index is 4.25. The number of nitrogens with zero attached hydrogens (tertiary/aromatic N) is 1. The lowest BCUT2D eigenvalue weighted by Crippen LogP contribution is -2.18. The number of rotatable bonds is 6. The lowest BCUT2D eigenvalue weighted by atomic mass is 9.82. The van der Waals surface area contributed by atoms with Crippen molar-refractivity contribution in [2.45, 2.75) is 59.3 Å². The molecule has 0 saturated heterocycles. The minimum absolute atomic E-state index is 0.177. The first-order valence-corrected chi connectivity index (χ1v) is 6.95. The van der Waals surface area contributed by atoms with Crippen LogP contribution in [0.25, 0.3) is 0 Å². The highest BCUT2D eigenvalue weighted by Crippen LogP contribution is 2.32. The number of aromatic nitrogens is 1. The van der Waals surface area contributed by atoms with Gasteiger partial charge < -0.3 is 5.32 Å². The summed E-state index contributed by atoms with van der Waals surface area (Å²) < 4.78 is 0. The van der Waals surface area contributed by atoms with Crippen LogP contribution in [0, 0.1) is 0 Å². The molecule has 18 heavy (non-hydrogen) atoms.